The van der Waals surface area contributed by atoms with Gasteiger partial charge in [-0.05, 0) is 55.2 Å². The molecule has 176 valence electrons. The van der Waals surface area contributed by atoms with E-state index < -0.39 is 10.1 Å². The minimum Gasteiger partial charge on any atom is -0.383 e. The zero-order valence-corrected chi connectivity index (χ0v) is 20.2. The van der Waals surface area contributed by atoms with Gasteiger partial charge in [0.1, 0.15) is 10.6 Å². The topological polar surface area (TPSA) is 123 Å². The normalized spacial score (nSPS) is 15.3. The molecule has 1 aromatic heterocycles. The molecular weight excluding hydrogens is 460 g/mol. The molecule has 0 bridgehead atoms. The van der Waals surface area contributed by atoms with Crippen molar-refractivity contribution in [3.05, 3.63) is 42.5 Å². The van der Waals surface area contributed by atoms with Gasteiger partial charge in [0.2, 0.25) is 5.91 Å². The minimum absolute atomic E-state index is 0.00504. The molecular formula is C23H28N4O4S2. The van der Waals surface area contributed by atoms with E-state index in [2.05, 4.69) is 29.5 Å². The number of thiazole rings is 1. The molecule has 1 fully saturated rings. The van der Waals surface area contributed by atoms with Crippen molar-refractivity contribution in [1.82, 2.24) is 4.98 Å². The molecule has 1 aliphatic carbocycles. The molecule has 1 heterocycles. The summed E-state index contributed by atoms with van der Waals surface area (Å²) in [5, 5.41) is 6.56. The second-order valence-corrected chi connectivity index (χ2v) is 11.2. The Morgan fingerprint density at radius 3 is 2.58 bits per heavy atom. The first kappa shape index (κ1) is 23.5. The van der Waals surface area contributed by atoms with E-state index in [1.807, 2.05) is 0 Å². The third-order valence-corrected chi connectivity index (χ3v) is 8.01. The molecule has 8 nitrogen and oxygen atoms in total. The highest BCUT2D eigenvalue weighted by Gasteiger charge is 2.26. The number of fused-ring (bicyclic) bond motifs is 1. The van der Waals surface area contributed by atoms with E-state index >= 15 is 0 Å². The second kappa shape index (κ2) is 9.66. The van der Waals surface area contributed by atoms with Crippen molar-refractivity contribution >= 4 is 48.4 Å². The van der Waals surface area contributed by atoms with E-state index in [1.54, 1.807) is 30.3 Å². The molecule has 0 aliphatic heterocycles. The third-order valence-electron chi connectivity index (χ3n) is 5.81. The van der Waals surface area contributed by atoms with Gasteiger partial charge in [-0.1, -0.05) is 31.6 Å². The number of nitrogens with one attached hydrogen (secondary N) is 2. The number of nitrogens with two attached hydrogens (primary N) is 1. The van der Waals surface area contributed by atoms with Gasteiger partial charge in [0.05, 0.1) is 10.2 Å². The number of carbonyl (C=O) groups is 1. The highest BCUT2D eigenvalue weighted by Crippen LogP contribution is 2.32. The average molecular weight is 489 g/mol. The van der Waals surface area contributed by atoms with Gasteiger partial charge in [0.25, 0.3) is 0 Å². The first-order valence-corrected chi connectivity index (χ1v) is 13.2. The van der Waals surface area contributed by atoms with Crippen LogP contribution in [0.1, 0.15) is 33.1 Å². The van der Waals surface area contributed by atoms with E-state index in [-0.39, 0.29) is 28.5 Å². The van der Waals surface area contributed by atoms with Crippen LogP contribution >= 0.6 is 11.3 Å². The maximum Gasteiger partial charge on any atom is 0.339 e. The SMILES string of the molecule is CC(C)C(N)CNc1ccc(S(=O)(=O)Oc2ccc3nc(NC(=O)C4CCC4)sc3c2)cc1. The zero-order valence-electron chi connectivity index (χ0n) is 18.6. The highest BCUT2D eigenvalue weighted by molar-refractivity contribution is 7.87. The summed E-state index contributed by atoms with van der Waals surface area (Å²) in [4.78, 5) is 16.6. The Bertz CT molecular complexity index is 1240. The first-order chi connectivity index (χ1) is 15.7. The van der Waals surface area contributed by atoms with Crippen LogP contribution in [0.25, 0.3) is 10.2 Å². The van der Waals surface area contributed by atoms with Gasteiger partial charge in [-0.25, -0.2) is 4.98 Å². The maximum absolute atomic E-state index is 12.7. The van der Waals surface area contributed by atoms with Crippen molar-refractivity contribution in [3.63, 3.8) is 0 Å². The third kappa shape index (κ3) is 5.63. The van der Waals surface area contributed by atoms with Crippen molar-refractivity contribution in [2.75, 3.05) is 17.2 Å². The van der Waals surface area contributed by atoms with Gasteiger partial charge in [-0.15, -0.1) is 0 Å². The molecule has 1 unspecified atom stereocenters. The first-order valence-electron chi connectivity index (χ1n) is 11.0. The van der Waals surface area contributed by atoms with Crippen molar-refractivity contribution in [2.24, 2.45) is 17.6 Å². The fourth-order valence-electron chi connectivity index (χ4n) is 3.27. The summed E-state index contributed by atoms with van der Waals surface area (Å²) >= 11 is 1.29. The molecule has 0 saturated heterocycles. The Morgan fingerprint density at radius 2 is 1.94 bits per heavy atom. The Balaban J connectivity index is 1.42. The number of anilines is 2. The predicted molar refractivity (Wildman–Crippen MR) is 131 cm³/mol. The number of amides is 1. The molecule has 0 radical (unpaired) electrons. The molecule has 2 aromatic carbocycles. The van der Waals surface area contributed by atoms with Crippen LogP contribution < -0.4 is 20.6 Å². The Labute approximate surface area is 197 Å². The van der Waals surface area contributed by atoms with Crippen molar-refractivity contribution in [3.8, 4) is 5.75 Å². The van der Waals surface area contributed by atoms with Gasteiger partial charge in [-0.3, -0.25) is 4.79 Å². The lowest BCUT2D eigenvalue weighted by atomic mass is 9.85. The molecule has 33 heavy (non-hydrogen) atoms. The predicted octanol–water partition coefficient (Wildman–Crippen LogP) is 4.20. The quantitative estimate of drug-likeness (QED) is 0.386. The highest BCUT2D eigenvalue weighted by atomic mass is 32.2. The molecule has 1 saturated carbocycles. The summed E-state index contributed by atoms with van der Waals surface area (Å²) in [5.41, 5.74) is 7.49. The van der Waals surface area contributed by atoms with Crippen LogP contribution in [0.5, 0.6) is 5.75 Å². The summed E-state index contributed by atoms with van der Waals surface area (Å²) < 4.78 is 31.5. The summed E-state index contributed by atoms with van der Waals surface area (Å²) in [5.74, 6) is 0.586. The van der Waals surface area contributed by atoms with Crippen molar-refractivity contribution in [2.45, 2.75) is 44.0 Å². The fourth-order valence-corrected chi connectivity index (χ4v) is 5.09. The van der Waals surface area contributed by atoms with Crippen LogP contribution in [0, 0.1) is 11.8 Å². The van der Waals surface area contributed by atoms with Crippen molar-refractivity contribution in [1.29, 1.82) is 0 Å². The number of hydrogen-bond donors (Lipinski definition) is 3. The molecule has 10 heteroatoms. The summed E-state index contributed by atoms with van der Waals surface area (Å²) in [6.07, 6.45) is 2.91. The van der Waals surface area contributed by atoms with Crippen LogP contribution in [0.2, 0.25) is 0 Å². The summed E-state index contributed by atoms with van der Waals surface area (Å²) in [7, 11) is -4.00. The number of nitrogens with zero attached hydrogens (tertiary/aromatic N) is 1. The standard InChI is InChI=1S/C23H28N4O4S2/c1-14(2)19(24)13-25-16-6-9-18(10-7-16)33(29,30)31-17-8-11-20-21(12-17)32-23(26-20)27-22(28)15-4-3-5-15/h6-12,14-15,19,25H,3-5,13,24H2,1-2H3,(H,26,27,28). The van der Waals surface area contributed by atoms with Crippen LogP contribution in [0.15, 0.2) is 47.4 Å². The molecule has 4 rings (SSSR count). The van der Waals surface area contributed by atoms with Gasteiger partial charge in [0, 0.05) is 30.3 Å². The Morgan fingerprint density at radius 1 is 1.21 bits per heavy atom. The lowest BCUT2D eigenvalue weighted by molar-refractivity contribution is -0.122. The molecule has 1 aliphatic rings. The summed E-state index contributed by atoms with van der Waals surface area (Å²) in [6, 6.07) is 11.2. The molecule has 0 spiro atoms. The van der Waals surface area contributed by atoms with Gasteiger partial charge in [0.15, 0.2) is 5.13 Å². The number of benzene rings is 2. The molecule has 1 amide bonds. The number of aromatic nitrogens is 1. The second-order valence-electron chi connectivity index (χ2n) is 8.62. The monoisotopic (exact) mass is 488 g/mol. The molecule has 4 N–H and O–H groups in total. The lowest BCUT2D eigenvalue weighted by Gasteiger charge is -2.23. The van der Waals surface area contributed by atoms with E-state index in [9.17, 15) is 13.2 Å². The van der Waals surface area contributed by atoms with Crippen molar-refractivity contribution < 1.29 is 17.4 Å². The maximum atomic E-state index is 12.7. The smallest absolute Gasteiger partial charge is 0.339 e. The Kier molecular flexibility index (Phi) is 6.87. The van der Waals surface area contributed by atoms with E-state index in [0.717, 1.165) is 29.6 Å². The summed E-state index contributed by atoms with van der Waals surface area (Å²) in [6.45, 7) is 4.70. The van der Waals surface area contributed by atoms with Gasteiger partial charge < -0.3 is 20.6 Å². The molecule has 3 aromatic rings. The number of hydrogen-bond acceptors (Lipinski definition) is 8. The number of carbonyl (C=O) groups excluding carboxylic acids is 1. The van der Waals surface area contributed by atoms with Crippen LogP contribution in [-0.2, 0) is 14.9 Å². The van der Waals surface area contributed by atoms with E-state index in [4.69, 9.17) is 9.92 Å². The fraction of sp³-hybridized carbons (Fsp3) is 0.391. The molecule has 1 atom stereocenters. The minimum atomic E-state index is -4.00. The Hall–Kier alpha value is -2.69. The van der Waals surface area contributed by atoms with Crippen LogP contribution in [-0.4, -0.2) is 31.9 Å². The van der Waals surface area contributed by atoms with Gasteiger partial charge in [-0.2, -0.15) is 8.42 Å². The lowest BCUT2D eigenvalue weighted by Crippen LogP contribution is -2.33. The van der Waals surface area contributed by atoms with Gasteiger partial charge >= 0.3 is 10.1 Å². The largest absolute Gasteiger partial charge is 0.383 e. The zero-order chi connectivity index (χ0) is 23.6. The van der Waals surface area contributed by atoms with Crippen LogP contribution in [0.4, 0.5) is 10.8 Å². The average Bonchev–Trinajstić information content (AvgIpc) is 3.11. The number of rotatable bonds is 9. The van der Waals surface area contributed by atoms with E-state index in [0.29, 0.717) is 23.1 Å². The van der Waals surface area contributed by atoms with E-state index in [1.165, 1.54) is 23.5 Å². The van der Waals surface area contributed by atoms with Crippen LogP contribution in [0.3, 0.4) is 0 Å².